The van der Waals surface area contributed by atoms with Crippen LogP contribution in [0.5, 0.6) is 0 Å². The molecule has 0 spiro atoms. The van der Waals surface area contributed by atoms with E-state index in [0.29, 0.717) is 42.4 Å². The Kier molecular flexibility index (Phi) is 7.69. The lowest BCUT2D eigenvalue weighted by atomic mass is 9.41. The normalized spacial score (nSPS) is 47.0. The number of rotatable bonds is 5. The van der Waals surface area contributed by atoms with E-state index in [-0.39, 0.29) is 47.9 Å². The van der Waals surface area contributed by atoms with Gasteiger partial charge in [0.15, 0.2) is 0 Å². The smallest absolute Gasteiger partial charge is 0.423 e. The van der Waals surface area contributed by atoms with Gasteiger partial charge >= 0.3 is 6.09 Å². The first-order valence-corrected chi connectivity index (χ1v) is 16.7. The van der Waals surface area contributed by atoms with Gasteiger partial charge in [0.2, 0.25) is 10.0 Å². The lowest BCUT2D eigenvalue weighted by molar-refractivity contribution is -0.202. The van der Waals surface area contributed by atoms with Gasteiger partial charge in [-0.15, -0.1) is 0 Å². The summed E-state index contributed by atoms with van der Waals surface area (Å²) in [6.45, 7) is 7.63. The quantitative estimate of drug-likeness (QED) is 0.479. The highest BCUT2D eigenvalue weighted by atomic mass is 32.2. The van der Waals surface area contributed by atoms with Gasteiger partial charge in [0.1, 0.15) is 0 Å². The second-order valence-electron chi connectivity index (χ2n) is 13.6. The Morgan fingerprint density at radius 1 is 1.00 bits per heavy atom. The minimum absolute atomic E-state index is 0.0250. The first kappa shape index (κ1) is 27.7. The number of hydrogen-bond donors (Lipinski definition) is 2. The summed E-state index contributed by atoms with van der Waals surface area (Å²) in [4.78, 5) is 12.4. The summed E-state index contributed by atoms with van der Waals surface area (Å²) in [5, 5.41) is 22.3. The molecule has 2 N–H and O–H groups in total. The third-order valence-electron chi connectivity index (χ3n) is 12.1. The number of aliphatic hydroxyl groups excluding tert-OH is 2. The maximum Gasteiger partial charge on any atom is 0.423 e. The van der Waals surface area contributed by atoms with Crippen LogP contribution in [0.4, 0.5) is 4.79 Å². The van der Waals surface area contributed by atoms with Gasteiger partial charge < -0.3 is 14.9 Å². The largest absolute Gasteiger partial charge is 0.449 e. The molecule has 0 unspecified atom stereocenters. The number of carbonyl (C=O) groups is 1. The number of amides is 1. The molecule has 0 aromatic rings. The third kappa shape index (κ3) is 4.65. The van der Waals surface area contributed by atoms with Crippen molar-refractivity contribution in [2.24, 2.45) is 46.3 Å². The summed E-state index contributed by atoms with van der Waals surface area (Å²) in [5.74, 6) is 2.65. The molecule has 5 fully saturated rings. The van der Waals surface area contributed by atoms with E-state index in [9.17, 15) is 23.4 Å². The van der Waals surface area contributed by atoms with Gasteiger partial charge in [-0.05, 0) is 117 Å². The summed E-state index contributed by atoms with van der Waals surface area (Å²) in [7, 11) is -3.52. The zero-order valence-corrected chi connectivity index (χ0v) is 23.9. The molecule has 0 bridgehead atoms. The second kappa shape index (κ2) is 10.3. The van der Waals surface area contributed by atoms with Gasteiger partial charge in [0, 0.05) is 6.54 Å². The van der Waals surface area contributed by atoms with Gasteiger partial charge in [-0.25, -0.2) is 17.5 Å². The van der Waals surface area contributed by atoms with Crippen molar-refractivity contribution in [2.45, 2.75) is 110 Å². The summed E-state index contributed by atoms with van der Waals surface area (Å²) in [6.07, 6.45) is 10.3. The van der Waals surface area contributed by atoms with Crippen LogP contribution in [0.3, 0.4) is 0 Å². The fourth-order valence-corrected chi connectivity index (χ4v) is 11.6. The Bertz CT molecular complexity index is 956. The van der Waals surface area contributed by atoms with Crippen LogP contribution in [0.2, 0.25) is 0 Å². The topological polar surface area (TPSA) is 104 Å². The highest BCUT2D eigenvalue weighted by Crippen LogP contribution is 2.69. The average molecular weight is 540 g/mol. The second-order valence-corrected chi connectivity index (χ2v) is 15.6. The first-order valence-electron chi connectivity index (χ1n) is 15.1. The molecule has 1 saturated heterocycles. The van der Waals surface area contributed by atoms with E-state index in [1.165, 1.54) is 6.42 Å². The zero-order chi connectivity index (χ0) is 26.6. The molecule has 10 atom stereocenters. The Hall–Kier alpha value is -0.860. The van der Waals surface area contributed by atoms with Gasteiger partial charge in [0.05, 0.1) is 24.6 Å². The fourth-order valence-electron chi connectivity index (χ4n) is 10.1. The molecule has 8 heteroatoms. The van der Waals surface area contributed by atoms with Crippen molar-refractivity contribution in [3.8, 4) is 0 Å². The van der Waals surface area contributed by atoms with Crippen molar-refractivity contribution in [1.29, 1.82) is 0 Å². The van der Waals surface area contributed by atoms with Gasteiger partial charge in [-0.3, -0.25) is 0 Å². The van der Waals surface area contributed by atoms with E-state index in [2.05, 4.69) is 20.8 Å². The highest BCUT2D eigenvalue weighted by Gasteiger charge is 2.64. The van der Waals surface area contributed by atoms with Crippen LogP contribution in [0.25, 0.3) is 0 Å². The van der Waals surface area contributed by atoms with Gasteiger partial charge in [0.25, 0.3) is 0 Å². The Labute approximate surface area is 223 Å². The van der Waals surface area contributed by atoms with Crippen molar-refractivity contribution in [2.75, 3.05) is 18.9 Å². The summed E-state index contributed by atoms with van der Waals surface area (Å²) in [6, 6.07) is 0. The van der Waals surface area contributed by atoms with E-state index in [1.54, 1.807) is 0 Å². The fraction of sp³-hybridized carbons (Fsp3) is 0.966. The molecule has 0 aromatic heterocycles. The zero-order valence-electron chi connectivity index (χ0n) is 23.1. The predicted octanol–water partition coefficient (Wildman–Crippen LogP) is 4.96. The molecule has 5 aliphatic rings. The Morgan fingerprint density at radius 3 is 2.46 bits per heavy atom. The summed E-state index contributed by atoms with van der Waals surface area (Å²) < 4.78 is 30.7. The lowest BCUT2D eigenvalue weighted by Crippen LogP contribution is -2.62. The van der Waals surface area contributed by atoms with Crippen LogP contribution in [-0.4, -0.2) is 60.1 Å². The Balaban J connectivity index is 1.22. The van der Waals surface area contributed by atoms with E-state index in [4.69, 9.17) is 4.74 Å². The lowest BCUT2D eigenvalue weighted by Gasteiger charge is -2.64. The number of fused-ring (bicyclic) bond motifs is 5. The van der Waals surface area contributed by atoms with Crippen molar-refractivity contribution in [1.82, 2.24) is 4.31 Å². The first-order chi connectivity index (χ1) is 17.5. The van der Waals surface area contributed by atoms with Crippen LogP contribution in [0, 0.1) is 46.3 Å². The molecule has 1 aliphatic heterocycles. The monoisotopic (exact) mass is 539 g/mol. The van der Waals surface area contributed by atoms with Crippen LogP contribution in [0.15, 0.2) is 0 Å². The van der Waals surface area contributed by atoms with Crippen LogP contribution in [0.1, 0.15) is 97.8 Å². The van der Waals surface area contributed by atoms with Gasteiger partial charge in [-0.2, -0.15) is 0 Å². The number of hydrogen-bond acceptors (Lipinski definition) is 6. The van der Waals surface area contributed by atoms with Crippen molar-refractivity contribution in [3.63, 3.8) is 0 Å². The molecule has 5 rings (SSSR count). The van der Waals surface area contributed by atoms with E-state index in [1.807, 2.05) is 0 Å². The molecule has 0 radical (unpaired) electrons. The minimum Gasteiger partial charge on any atom is -0.449 e. The molecule has 4 saturated carbocycles. The number of ether oxygens (including phenoxy) is 1. The van der Waals surface area contributed by atoms with Crippen molar-refractivity contribution in [3.05, 3.63) is 0 Å². The highest BCUT2D eigenvalue weighted by molar-refractivity contribution is 7.89. The summed E-state index contributed by atoms with van der Waals surface area (Å²) in [5.41, 5.74) is 0.407. The maximum atomic E-state index is 12.4. The standard InChI is InChI=1S/C29H49NO6S/c1-4-21-24-18-20(31)11-13-29(24,3)23-12-14-28(2)19(9-10-22(28)25(23)26(21)32)8-7-16-36-27(33)30-15-5-6-17-37(30,34)35/h19-26,31-32H,4-18H2,1-3H3/t19-,20+,21+,22-,23-,24-,25-,26+,28+,29+/m0/s1. The van der Waals surface area contributed by atoms with E-state index < -0.39 is 16.1 Å². The molecule has 4 aliphatic carbocycles. The average Bonchev–Trinajstić information content (AvgIpc) is 3.19. The number of nitrogens with zero attached hydrogens (tertiary/aromatic N) is 1. The summed E-state index contributed by atoms with van der Waals surface area (Å²) >= 11 is 0. The molecule has 212 valence electrons. The SMILES string of the molecule is CC[C@H]1[C@@H](O)[C@@H]2[C@H](CC[C@]3(C)[C@@H](CCCOC(=O)N4CCCCS4(=O)=O)CC[C@@H]23)[C@@]2(C)CC[C@@H](O)C[C@@H]12. The molecule has 7 nitrogen and oxygen atoms in total. The third-order valence-corrected chi connectivity index (χ3v) is 13.9. The predicted molar refractivity (Wildman–Crippen MR) is 142 cm³/mol. The number of sulfonamides is 1. The van der Waals surface area contributed by atoms with Crippen LogP contribution < -0.4 is 0 Å². The molecule has 1 heterocycles. The number of carbonyl (C=O) groups excluding carboxylic acids is 1. The molecule has 37 heavy (non-hydrogen) atoms. The Morgan fingerprint density at radius 2 is 1.73 bits per heavy atom. The number of aliphatic hydroxyl groups is 2. The minimum atomic E-state index is -3.52. The van der Waals surface area contributed by atoms with E-state index >= 15 is 0 Å². The molecule has 0 aromatic carbocycles. The van der Waals surface area contributed by atoms with Crippen molar-refractivity contribution >= 4 is 16.1 Å². The molecule has 1 amide bonds. The van der Waals surface area contributed by atoms with Crippen LogP contribution >= 0.6 is 0 Å². The molecular formula is C29H49NO6S. The van der Waals surface area contributed by atoms with E-state index in [0.717, 1.165) is 62.1 Å². The van der Waals surface area contributed by atoms with Crippen molar-refractivity contribution < 1.29 is 28.2 Å². The molecular weight excluding hydrogens is 490 g/mol. The van der Waals surface area contributed by atoms with Gasteiger partial charge in [-0.1, -0.05) is 27.2 Å². The van der Waals surface area contributed by atoms with Crippen LogP contribution in [-0.2, 0) is 14.8 Å². The maximum absolute atomic E-state index is 12.4.